The Kier molecular flexibility index (Phi) is 9.39. The smallest absolute Gasteiger partial charge is 0.291 e. The van der Waals surface area contributed by atoms with Crippen LogP contribution in [-0.2, 0) is 36.5 Å². The molecule has 0 aliphatic carbocycles. The number of hydrogen-bond acceptors (Lipinski definition) is 9. The van der Waals surface area contributed by atoms with Gasteiger partial charge in [0.25, 0.3) is 5.56 Å². The Morgan fingerprint density at radius 2 is 1.60 bits per heavy atom. The Labute approximate surface area is 279 Å². The molecule has 0 aliphatic heterocycles. The first-order valence-corrected chi connectivity index (χ1v) is 24.2. The van der Waals surface area contributed by atoms with E-state index in [4.69, 9.17) is 14.5 Å². The molecule has 0 fully saturated rings. The van der Waals surface area contributed by atoms with E-state index in [0.717, 1.165) is 39.9 Å². The summed E-state index contributed by atoms with van der Waals surface area (Å²) in [6, 6.07) is 9.95. The van der Waals surface area contributed by atoms with Crippen molar-refractivity contribution in [3.63, 3.8) is 0 Å². The molecule has 0 bridgehead atoms. The lowest BCUT2D eigenvalue weighted by atomic mass is 10.1. The number of aliphatic hydroxyl groups is 1. The Balaban J connectivity index is 1.19. The highest BCUT2D eigenvalue weighted by Crippen LogP contribution is 2.35. The number of nitrogens with zero attached hydrogens (tertiary/aromatic N) is 8. The first kappa shape index (κ1) is 33.4. The highest BCUT2D eigenvalue weighted by atomic mass is 32.1. The highest BCUT2D eigenvalue weighted by Gasteiger charge is 2.24. The third-order valence-electron chi connectivity index (χ3n) is 8.25. The molecule has 0 spiro atoms. The Bertz CT molecular complexity index is 2080. The van der Waals surface area contributed by atoms with E-state index in [1.54, 1.807) is 27.7 Å². The third-order valence-corrected chi connectivity index (χ3v) is 12.8. The lowest BCUT2D eigenvalue weighted by Crippen LogP contribution is -2.24. The van der Waals surface area contributed by atoms with E-state index in [9.17, 15) is 9.90 Å². The lowest BCUT2D eigenvalue weighted by molar-refractivity contribution is 0.0774. The van der Waals surface area contributed by atoms with E-state index < -0.39 is 22.3 Å². The number of hydrogen-bond donors (Lipinski definition) is 1. The van der Waals surface area contributed by atoms with Crippen LogP contribution in [0, 0.1) is 0 Å². The number of fused-ring (bicyclic) bond motifs is 4. The monoisotopic (exact) mass is 692 g/mol. The molecule has 0 amide bonds. The number of benzene rings is 1. The molecule has 1 aromatic carbocycles. The van der Waals surface area contributed by atoms with Crippen molar-refractivity contribution in [3.8, 4) is 0 Å². The molecule has 12 nitrogen and oxygen atoms in total. The molecule has 1 atom stereocenters. The Hall–Kier alpha value is -3.48. The number of ether oxygens (including phenoxy) is 2. The second-order valence-electron chi connectivity index (χ2n) is 14.5. The molecule has 15 heteroatoms. The fraction of sp³-hybridized carbons (Fsp3) is 0.469. The van der Waals surface area contributed by atoms with E-state index >= 15 is 0 Å². The van der Waals surface area contributed by atoms with Gasteiger partial charge in [0.2, 0.25) is 0 Å². The van der Waals surface area contributed by atoms with Gasteiger partial charge in [0.05, 0.1) is 34.8 Å². The first-order chi connectivity index (χ1) is 22.3. The molecule has 5 heterocycles. The molecule has 1 N–H and O–H groups in total. The SMILES string of the molecule is Cn1c2nc(C(O)c3ccn(COCC[Si](C)(C)C)n3)sc2c2cnn(Cc3cccc4c3cnn4COCC[Si](C)(C)C)c(=O)c21. The van der Waals surface area contributed by atoms with Crippen LogP contribution in [0.3, 0.4) is 0 Å². The summed E-state index contributed by atoms with van der Waals surface area (Å²) in [6.07, 6.45) is 4.36. The van der Waals surface area contributed by atoms with Crippen LogP contribution in [-0.4, -0.2) is 73.4 Å². The normalized spacial score (nSPS) is 13.4. The number of thiazole rings is 1. The van der Waals surface area contributed by atoms with Crippen molar-refractivity contribution < 1.29 is 14.6 Å². The van der Waals surface area contributed by atoms with Crippen molar-refractivity contribution in [2.24, 2.45) is 7.05 Å². The maximum Gasteiger partial charge on any atom is 0.291 e. The topological polar surface area (TPSA) is 127 Å². The summed E-state index contributed by atoms with van der Waals surface area (Å²) in [5, 5.41) is 27.0. The second-order valence-corrected chi connectivity index (χ2v) is 26.8. The maximum atomic E-state index is 13.8. The van der Waals surface area contributed by atoms with Crippen LogP contribution in [0.1, 0.15) is 22.4 Å². The maximum absolute atomic E-state index is 13.8. The number of rotatable bonds is 14. The van der Waals surface area contributed by atoms with Crippen LogP contribution in [0.2, 0.25) is 51.4 Å². The van der Waals surface area contributed by atoms with Gasteiger partial charge in [-0.05, 0) is 29.8 Å². The zero-order valence-electron chi connectivity index (χ0n) is 28.2. The van der Waals surface area contributed by atoms with E-state index in [2.05, 4.69) is 54.6 Å². The zero-order valence-corrected chi connectivity index (χ0v) is 31.0. The van der Waals surface area contributed by atoms with Crippen molar-refractivity contribution >= 4 is 59.6 Å². The van der Waals surface area contributed by atoms with Crippen molar-refractivity contribution in [2.75, 3.05) is 13.2 Å². The third kappa shape index (κ3) is 7.34. The molecule has 6 aromatic rings. The van der Waals surface area contributed by atoms with Crippen LogP contribution in [0.5, 0.6) is 0 Å². The molecular weight excluding hydrogens is 649 g/mol. The summed E-state index contributed by atoms with van der Waals surface area (Å²) < 4.78 is 19.4. The highest BCUT2D eigenvalue weighted by molar-refractivity contribution is 7.19. The fourth-order valence-corrected chi connectivity index (χ4v) is 8.01. The first-order valence-electron chi connectivity index (χ1n) is 15.9. The summed E-state index contributed by atoms with van der Waals surface area (Å²) in [4.78, 5) is 18.5. The van der Waals surface area contributed by atoms with E-state index in [0.29, 0.717) is 53.9 Å². The summed E-state index contributed by atoms with van der Waals surface area (Å²) in [5.74, 6) is 0. The van der Waals surface area contributed by atoms with Crippen LogP contribution in [0.4, 0.5) is 0 Å². The molecule has 1 unspecified atom stereocenters. The predicted molar refractivity (Wildman–Crippen MR) is 191 cm³/mol. The van der Waals surface area contributed by atoms with Crippen molar-refractivity contribution in [1.82, 2.24) is 38.9 Å². The molecule has 0 saturated heterocycles. The van der Waals surface area contributed by atoms with Crippen molar-refractivity contribution in [2.45, 2.75) is 77.5 Å². The van der Waals surface area contributed by atoms with E-state index in [1.165, 1.54) is 16.0 Å². The van der Waals surface area contributed by atoms with Gasteiger partial charge in [-0.2, -0.15) is 15.3 Å². The standard InChI is InChI=1S/C32H44N8O4SSi2/c1-37-27-24(29-30(37)35-31(45-29)28(41)25-11-12-38(36-25)20-43-13-15-46(2,3)4)18-33-39(32(27)42)19-22-9-8-10-26-23(22)17-34-40(26)21-44-14-16-47(5,6)7/h8-12,17-18,28,41H,13-16,19-21H2,1-7H3. The molecule has 0 aliphatic rings. The van der Waals surface area contributed by atoms with Gasteiger partial charge in [-0.3, -0.25) is 4.79 Å². The van der Waals surface area contributed by atoms with Gasteiger partial charge in [-0.15, -0.1) is 11.3 Å². The van der Waals surface area contributed by atoms with Gasteiger partial charge in [0.15, 0.2) is 5.65 Å². The van der Waals surface area contributed by atoms with Crippen LogP contribution in [0.15, 0.2) is 47.7 Å². The summed E-state index contributed by atoms with van der Waals surface area (Å²) in [5.41, 5.74) is 3.35. The average molecular weight is 693 g/mol. The van der Waals surface area contributed by atoms with Gasteiger partial charge >= 0.3 is 0 Å². The Morgan fingerprint density at radius 1 is 0.915 bits per heavy atom. The van der Waals surface area contributed by atoms with Crippen molar-refractivity contribution in [3.05, 3.63) is 69.5 Å². The lowest BCUT2D eigenvalue weighted by Gasteiger charge is -2.15. The van der Waals surface area contributed by atoms with Gasteiger partial charge in [-0.1, -0.05) is 51.4 Å². The molecule has 6 rings (SSSR count). The summed E-state index contributed by atoms with van der Waals surface area (Å²) in [6.45, 7) is 16.4. The van der Waals surface area contributed by atoms with Gasteiger partial charge in [0, 0.05) is 53.4 Å². The molecule has 5 aromatic heterocycles. The molecule has 0 radical (unpaired) electrons. The minimum Gasteiger partial charge on any atom is -0.379 e. The second kappa shape index (κ2) is 13.2. The quantitative estimate of drug-likeness (QED) is 0.115. The Morgan fingerprint density at radius 3 is 2.32 bits per heavy atom. The van der Waals surface area contributed by atoms with Gasteiger partial charge < -0.3 is 19.1 Å². The van der Waals surface area contributed by atoms with Gasteiger partial charge in [-0.25, -0.2) is 19.0 Å². The molecular formula is C32H44N8O4SSi2. The van der Waals surface area contributed by atoms with Gasteiger partial charge in [0.1, 0.15) is 30.1 Å². The van der Waals surface area contributed by atoms with Crippen molar-refractivity contribution in [1.29, 1.82) is 0 Å². The largest absolute Gasteiger partial charge is 0.379 e. The minimum atomic E-state index is -1.17. The zero-order chi connectivity index (χ0) is 33.5. The number of aliphatic hydroxyl groups excluding tert-OH is 1. The predicted octanol–water partition coefficient (Wildman–Crippen LogP) is 5.65. The molecule has 47 heavy (non-hydrogen) atoms. The van der Waals surface area contributed by atoms with E-state index in [-0.39, 0.29) is 5.56 Å². The van der Waals surface area contributed by atoms with Crippen LogP contribution >= 0.6 is 11.3 Å². The minimum absolute atomic E-state index is 0.204. The average Bonchev–Trinajstić information content (AvgIpc) is 3.79. The summed E-state index contributed by atoms with van der Waals surface area (Å²) >= 11 is 1.35. The fourth-order valence-electron chi connectivity index (χ4n) is 5.39. The van der Waals surface area contributed by atoms with Crippen LogP contribution < -0.4 is 5.56 Å². The number of aromatic nitrogens is 8. The molecule has 0 saturated carbocycles. The molecule has 250 valence electrons. The van der Waals surface area contributed by atoms with E-state index in [1.807, 2.05) is 36.1 Å². The number of aryl methyl sites for hydroxylation is 1. The summed E-state index contributed by atoms with van der Waals surface area (Å²) in [7, 11) is -0.508. The van der Waals surface area contributed by atoms with Crippen LogP contribution in [0.25, 0.3) is 32.2 Å².